The number of anilines is 1. The van der Waals surface area contributed by atoms with Crippen molar-refractivity contribution in [3.63, 3.8) is 0 Å². The van der Waals surface area contributed by atoms with Gasteiger partial charge in [0.1, 0.15) is 18.2 Å². The van der Waals surface area contributed by atoms with Crippen LogP contribution in [0.5, 0.6) is 5.75 Å². The van der Waals surface area contributed by atoms with Crippen LogP contribution in [0.1, 0.15) is 17.0 Å². The first-order valence-corrected chi connectivity index (χ1v) is 8.88. The molecule has 0 fully saturated rings. The van der Waals surface area contributed by atoms with Crippen LogP contribution in [-0.2, 0) is 13.2 Å². The molecule has 0 radical (unpaired) electrons. The van der Waals surface area contributed by atoms with Crippen molar-refractivity contribution in [2.24, 2.45) is 0 Å². The molecule has 0 aliphatic carbocycles. The summed E-state index contributed by atoms with van der Waals surface area (Å²) in [4.78, 5) is 12.8. The predicted molar refractivity (Wildman–Crippen MR) is 105 cm³/mol. The minimum atomic E-state index is 0.451. The molecule has 3 aromatic heterocycles. The van der Waals surface area contributed by atoms with Gasteiger partial charge in [-0.1, -0.05) is 23.4 Å². The van der Waals surface area contributed by atoms with Crippen LogP contribution in [0.4, 0.5) is 5.82 Å². The summed E-state index contributed by atoms with van der Waals surface area (Å²) >= 11 is 0. The van der Waals surface area contributed by atoms with Crippen LogP contribution >= 0.6 is 0 Å². The minimum Gasteiger partial charge on any atom is -0.489 e. The van der Waals surface area contributed by atoms with E-state index in [1.807, 2.05) is 48.5 Å². The minimum absolute atomic E-state index is 0.451. The highest BCUT2D eigenvalue weighted by molar-refractivity contribution is 5.68. The van der Waals surface area contributed by atoms with Crippen molar-refractivity contribution in [1.82, 2.24) is 20.1 Å². The van der Waals surface area contributed by atoms with Gasteiger partial charge in [0.15, 0.2) is 5.82 Å². The molecule has 4 aromatic rings. The lowest BCUT2D eigenvalue weighted by atomic mass is 10.2. The average molecular weight is 373 g/mol. The van der Waals surface area contributed by atoms with Gasteiger partial charge in [-0.25, -0.2) is 4.98 Å². The fourth-order valence-corrected chi connectivity index (χ4v) is 2.66. The molecule has 1 N–H and O–H groups in total. The molecule has 0 unspecified atom stereocenters. The molecule has 0 saturated heterocycles. The molecular weight excluding hydrogens is 354 g/mol. The molecule has 3 heterocycles. The zero-order chi connectivity index (χ0) is 19.2. The maximum Gasteiger partial charge on any atom is 0.261 e. The third kappa shape index (κ3) is 4.32. The second-order valence-electron chi connectivity index (χ2n) is 6.19. The fourth-order valence-electron chi connectivity index (χ4n) is 2.66. The Morgan fingerprint density at radius 1 is 1.00 bits per heavy atom. The Morgan fingerprint density at radius 2 is 1.86 bits per heavy atom. The number of aryl methyl sites for hydroxylation is 1. The summed E-state index contributed by atoms with van der Waals surface area (Å²) in [5, 5.41) is 7.17. The van der Waals surface area contributed by atoms with Crippen molar-refractivity contribution in [3.8, 4) is 17.2 Å². The summed E-state index contributed by atoms with van der Waals surface area (Å²) in [6.07, 6.45) is 5.27. The van der Waals surface area contributed by atoms with E-state index in [4.69, 9.17) is 9.26 Å². The number of pyridine rings is 2. The van der Waals surface area contributed by atoms with Gasteiger partial charge in [0.2, 0.25) is 0 Å². The molecule has 1 aromatic carbocycles. The van der Waals surface area contributed by atoms with E-state index in [0.29, 0.717) is 30.7 Å². The highest BCUT2D eigenvalue weighted by atomic mass is 16.5. The molecule has 7 heteroatoms. The summed E-state index contributed by atoms with van der Waals surface area (Å²) < 4.78 is 11.0. The number of hydrogen-bond acceptors (Lipinski definition) is 7. The number of ether oxygens (including phenoxy) is 1. The Balaban J connectivity index is 1.38. The first kappa shape index (κ1) is 17.7. The molecule has 4 rings (SSSR count). The monoisotopic (exact) mass is 373 g/mol. The highest BCUT2D eigenvalue weighted by Crippen LogP contribution is 2.25. The maximum absolute atomic E-state index is 5.79. The van der Waals surface area contributed by atoms with Crippen LogP contribution in [-0.4, -0.2) is 20.1 Å². The van der Waals surface area contributed by atoms with E-state index >= 15 is 0 Å². The molecular formula is C21H19N5O2. The van der Waals surface area contributed by atoms with Crippen molar-refractivity contribution in [3.05, 3.63) is 84.1 Å². The SMILES string of the molecule is Cc1noc(-c2cccnc2NCc2ccc(OCc3cccnc3)cc2)n1. The fraction of sp³-hybridized carbons (Fsp3) is 0.143. The smallest absolute Gasteiger partial charge is 0.261 e. The second kappa shape index (κ2) is 8.30. The van der Waals surface area contributed by atoms with Crippen molar-refractivity contribution >= 4 is 5.82 Å². The molecule has 0 atom stereocenters. The molecule has 28 heavy (non-hydrogen) atoms. The molecule has 0 aliphatic heterocycles. The van der Waals surface area contributed by atoms with E-state index in [-0.39, 0.29) is 0 Å². The summed E-state index contributed by atoms with van der Waals surface area (Å²) in [6, 6.07) is 15.6. The van der Waals surface area contributed by atoms with E-state index < -0.39 is 0 Å². The van der Waals surface area contributed by atoms with E-state index in [1.165, 1.54) is 0 Å². The van der Waals surface area contributed by atoms with E-state index in [9.17, 15) is 0 Å². The Labute approximate surface area is 162 Å². The van der Waals surface area contributed by atoms with Gasteiger partial charge in [0, 0.05) is 30.7 Å². The number of benzene rings is 1. The van der Waals surface area contributed by atoms with Crippen LogP contribution in [0.3, 0.4) is 0 Å². The first-order valence-electron chi connectivity index (χ1n) is 8.88. The third-order valence-electron chi connectivity index (χ3n) is 4.08. The van der Waals surface area contributed by atoms with Crippen LogP contribution in [0.2, 0.25) is 0 Å². The van der Waals surface area contributed by atoms with Gasteiger partial charge in [-0.05, 0) is 42.8 Å². The Hall–Kier alpha value is -3.74. The maximum atomic E-state index is 5.79. The lowest BCUT2D eigenvalue weighted by Gasteiger charge is -2.10. The van der Waals surface area contributed by atoms with Crippen molar-refractivity contribution in [1.29, 1.82) is 0 Å². The largest absolute Gasteiger partial charge is 0.489 e. The van der Waals surface area contributed by atoms with Crippen molar-refractivity contribution < 1.29 is 9.26 Å². The normalized spacial score (nSPS) is 10.6. The lowest BCUT2D eigenvalue weighted by Crippen LogP contribution is -2.03. The van der Waals surface area contributed by atoms with E-state index in [0.717, 1.165) is 22.4 Å². The molecule has 0 aliphatic rings. The Bertz CT molecular complexity index is 1030. The standard InChI is InChI=1S/C21H19N5O2/c1-15-25-21(28-26-15)19-5-3-11-23-20(19)24-13-16-6-8-18(9-7-16)27-14-17-4-2-10-22-12-17/h2-12H,13-14H2,1H3,(H,23,24). The van der Waals surface area contributed by atoms with Gasteiger partial charge in [0.05, 0.1) is 5.56 Å². The number of rotatable bonds is 7. The average Bonchev–Trinajstić information content (AvgIpc) is 3.18. The Kier molecular flexibility index (Phi) is 5.24. The number of aromatic nitrogens is 4. The van der Waals surface area contributed by atoms with Gasteiger partial charge in [0.25, 0.3) is 5.89 Å². The first-order chi connectivity index (χ1) is 13.8. The van der Waals surface area contributed by atoms with Gasteiger partial charge in [-0.15, -0.1) is 0 Å². The third-order valence-corrected chi connectivity index (χ3v) is 4.08. The molecule has 0 spiro atoms. The topological polar surface area (TPSA) is 86.0 Å². The molecule has 140 valence electrons. The quantitative estimate of drug-likeness (QED) is 0.523. The van der Waals surface area contributed by atoms with E-state index in [1.54, 1.807) is 25.5 Å². The Morgan fingerprint density at radius 3 is 2.61 bits per heavy atom. The van der Waals surface area contributed by atoms with Gasteiger partial charge in [-0.3, -0.25) is 4.98 Å². The number of nitrogens with zero attached hydrogens (tertiary/aromatic N) is 4. The van der Waals surface area contributed by atoms with Gasteiger partial charge < -0.3 is 14.6 Å². The lowest BCUT2D eigenvalue weighted by molar-refractivity contribution is 0.305. The van der Waals surface area contributed by atoms with Crippen LogP contribution in [0.15, 0.2) is 71.6 Å². The van der Waals surface area contributed by atoms with Crippen LogP contribution < -0.4 is 10.1 Å². The van der Waals surface area contributed by atoms with Crippen molar-refractivity contribution in [2.45, 2.75) is 20.1 Å². The van der Waals surface area contributed by atoms with Crippen molar-refractivity contribution in [2.75, 3.05) is 5.32 Å². The molecule has 0 bridgehead atoms. The number of hydrogen-bond donors (Lipinski definition) is 1. The summed E-state index contributed by atoms with van der Waals surface area (Å²) in [6.45, 7) is 2.89. The van der Waals surface area contributed by atoms with E-state index in [2.05, 4.69) is 25.4 Å². The van der Waals surface area contributed by atoms with Gasteiger partial charge in [-0.2, -0.15) is 4.98 Å². The summed E-state index contributed by atoms with van der Waals surface area (Å²) in [5.74, 6) is 2.55. The molecule has 0 amide bonds. The predicted octanol–water partition coefficient (Wildman–Crippen LogP) is 4.03. The molecule has 7 nitrogen and oxygen atoms in total. The highest BCUT2D eigenvalue weighted by Gasteiger charge is 2.12. The second-order valence-corrected chi connectivity index (χ2v) is 6.19. The molecule has 0 saturated carbocycles. The zero-order valence-electron chi connectivity index (χ0n) is 15.4. The summed E-state index contributed by atoms with van der Waals surface area (Å²) in [7, 11) is 0. The summed E-state index contributed by atoms with van der Waals surface area (Å²) in [5.41, 5.74) is 2.92. The van der Waals surface area contributed by atoms with Gasteiger partial charge >= 0.3 is 0 Å². The van der Waals surface area contributed by atoms with Crippen LogP contribution in [0.25, 0.3) is 11.5 Å². The number of nitrogens with one attached hydrogen (secondary N) is 1. The zero-order valence-corrected chi connectivity index (χ0v) is 15.4. The van der Waals surface area contributed by atoms with Crippen LogP contribution in [0, 0.1) is 6.92 Å².